The number of carboxylic acids is 1. The largest absolute Gasteiger partial charge is 0.494 e. The lowest BCUT2D eigenvalue weighted by molar-refractivity contribution is -0.139. The van der Waals surface area contributed by atoms with Gasteiger partial charge in [0.05, 0.1) is 30.8 Å². The zero-order valence-electron chi connectivity index (χ0n) is 24.5. The fraction of sp³-hybridized carbons (Fsp3) is 0.273. The number of fused-ring (bicyclic) bond motifs is 1. The maximum absolute atomic E-state index is 13.8. The third-order valence-corrected chi connectivity index (χ3v) is 6.67. The van der Waals surface area contributed by atoms with Crippen molar-refractivity contribution in [3.8, 4) is 28.6 Å². The number of ether oxygens (including phenoxy) is 3. The van der Waals surface area contributed by atoms with Gasteiger partial charge in [0.15, 0.2) is 23.9 Å². The van der Waals surface area contributed by atoms with Crippen LogP contribution in [0.5, 0.6) is 17.2 Å². The minimum Gasteiger partial charge on any atom is -0.494 e. The summed E-state index contributed by atoms with van der Waals surface area (Å²) in [5.41, 5.74) is 4.20. The second-order valence-electron chi connectivity index (χ2n) is 9.99. The topological polar surface area (TPSA) is 112 Å². The molecule has 0 saturated carbocycles. The van der Waals surface area contributed by atoms with E-state index in [2.05, 4.69) is 25.5 Å². The molecule has 0 unspecified atom stereocenters. The van der Waals surface area contributed by atoms with Gasteiger partial charge in [0, 0.05) is 11.1 Å². The maximum Gasteiger partial charge on any atom is 0.341 e. The van der Waals surface area contributed by atoms with Crippen LogP contribution in [0.15, 0.2) is 71.1 Å². The van der Waals surface area contributed by atoms with Crippen LogP contribution in [0, 0.1) is 6.92 Å². The Morgan fingerprint density at radius 2 is 1.90 bits per heavy atom. The van der Waals surface area contributed by atoms with Gasteiger partial charge in [-0.3, -0.25) is 4.79 Å². The van der Waals surface area contributed by atoms with Gasteiger partial charge < -0.3 is 19.3 Å². The highest BCUT2D eigenvalue weighted by molar-refractivity contribution is 5.84. The number of methoxy groups -OCH3 is 1. The Labute approximate surface area is 244 Å². The number of para-hydroxylation sites is 1. The minimum atomic E-state index is -1.10. The molecule has 3 aromatic carbocycles. The fourth-order valence-electron chi connectivity index (χ4n) is 4.71. The molecule has 0 atom stereocenters. The molecule has 4 aromatic rings. The number of rotatable bonds is 12. The second-order valence-corrected chi connectivity index (χ2v) is 9.99. The number of aryl methyl sites for hydroxylation is 1. The molecule has 9 heteroatoms. The van der Waals surface area contributed by atoms with Gasteiger partial charge in [0.25, 0.3) is 5.56 Å². The van der Waals surface area contributed by atoms with Crippen molar-refractivity contribution in [1.82, 2.24) is 9.66 Å². The normalized spacial score (nSPS) is 11.3. The maximum atomic E-state index is 13.8. The summed E-state index contributed by atoms with van der Waals surface area (Å²) in [7, 11) is 1.47. The van der Waals surface area contributed by atoms with Gasteiger partial charge >= 0.3 is 5.97 Å². The molecule has 4 rings (SSSR count). The molecule has 0 aliphatic heterocycles. The van der Waals surface area contributed by atoms with Crippen molar-refractivity contribution in [2.75, 3.05) is 20.3 Å². The predicted molar refractivity (Wildman–Crippen MR) is 164 cm³/mol. The summed E-state index contributed by atoms with van der Waals surface area (Å²) in [6.45, 7) is 11.9. The summed E-state index contributed by atoms with van der Waals surface area (Å²) in [6, 6.07) is 14.6. The van der Waals surface area contributed by atoms with E-state index < -0.39 is 12.6 Å². The van der Waals surface area contributed by atoms with E-state index in [1.54, 1.807) is 36.6 Å². The third kappa shape index (κ3) is 6.35. The molecular weight excluding hydrogens is 534 g/mol. The van der Waals surface area contributed by atoms with Crippen molar-refractivity contribution >= 4 is 23.1 Å². The lowest BCUT2D eigenvalue weighted by Gasteiger charge is -2.18. The fourth-order valence-corrected chi connectivity index (χ4v) is 4.71. The van der Waals surface area contributed by atoms with Crippen LogP contribution in [-0.2, 0) is 11.2 Å². The van der Waals surface area contributed by atoms with Gasteiger partial charge in [-0.1, -0.05) is 32.1 Å². The third-order valence-electron chi connectivity index (χ3n) is 6.67. The quantitative estimate of drug-likeness (QED) is 0.165. The Morgan fingerprint density at radius 3 is 2.57 bits per heavy atom. The summed E-state index contributed by atoms with van der Waals surface area (Å²) in [5.74, 6) is 0.926. The average molecular weight is 570 g/mol. The highest BCUT2D eigenvalue weighted by Gasteiger charge is 2.19. The second kappa shape index (κ2) is 13.2. The number of allylic oxidation sites excluding steroid dienone is 1. The van der Waals surface area contributed by atoms with Crippen LogP contribution in [0.25, 0.3) is 22.3 Å². The molecule has 0 aliphatic carbocycles. The van der Waals surface area contributed by atoms with E-state index in [0.717, 1.165) is 22.4 Å². The number of hydrogen-bond acceptors (Lipinski definition) is 7. The van der Waals surface area contributed by atoms with Gasteiger partial charge in [-0.25, -0.2) is 9.78 Å². The first-order chi connectivity index (χ1) is 20.2. The molecule has 0 bridgehead atoms. The van der Waals surface area contributed by atoms with Gasteiger partial charge in [-0.15, -0.1) is 6.58 Å². The van der Waals surface area contributed by atoms with E-state index in [4.69, 9.17) is 24.3 Å². The van der Waals surface area contributed by atoms with Crippen LogP contribution in [-0.4, -0.2) is 47.3 Å². The first kappa shape index (κ1) is 30.0. The summed E-state index contributed by atoms with van der Waals surface area (Å²) in [6.07, 6.45) is 3.63. The number of carbonyl (C=O) groups is 1. The molecular formula is C33H35N3O6. The number of aliphatic carboxylic acids is 1. The van der Waals surface area contributed by atoms with Gasteiger partial charge in [0.1, 0.15) is 5.75 Å². The van der Waals surface area contributed by atoms with E-state index in [-0.39, 0.29) is 11.5 Å². The Hall–Kier alpha value is -4.92. The minimum absolute atomic E-state index is 0.174. The lowest BCUT2D eigenvalue weighted by atomic mass is 9.96. The van der Waals surface area contributed by atoms with Crippen LogP contribution in [0.3, 0.4) is 0 Å². The van der Waals surface area contributed by atoms with Crippen molar-refractivity contribution in [1.29, 1.82) is 0 Å². The Kier molecular flexibility index (Phi) is 9.42. The average Bonchev–Trinajstić information content (AvgIpc) is 2.96. The Bertz CT molecular complexity index is 1720. The van der Waals surface area contributed by atoms with E-state index in [0.29, 0.717) is 52.4 Å². The molecule has 1 heterocycles. The highest BCUT2D eigenvalue weighted by atomic mass is 16.5. The van der Waals surface area contributed by atoms with E-state index in [9.17, 15) is 9.59 Å². The van der Waals surface area contributed by atoms with Crippen LogP contribution in [0.1, 0.15) is 48.9 Å². The SMILES string of the molecule is C=CCc1cc(C=Nn2c(-c3cc(C(C)C)c(OCC)cc3C)nc3ccccc3c2=O)cc(OC)c1OCC(=O)O. The van der Waals surface area contributed by atoms with Gasteiger partial charge in [-0.05, 0) is 79.3 Å². The molecule has 0 fully saturated rings. The van der Waals surface area contributed by atoms with Crippen molar-refractivity contribution in [3.05, 3.63) is 93.8 Å². The summed E-state index contributed by atoms with van der Waals surface area (Å²) in [4.78, 5) is 29.8. The molecule has 9 nitrogen and oxygen atoms in total. The molecule has 0 spiro atoms. The molecule has 42 heavy (non-hydrogen) atoms. The number of nitrogens with zero attached hydrogens (tertiary/aromatic N) is 3. The number of carboxylic acid groups (broad SMARTS) is 1. The van der Waals surface area contributed by atoms with Gasteiger partial charge in [0.2, 0.25) is 0 Å². The highest BCUT2D eigenvalue weighted by Crippen LogP contribution is 2.35. The molecule has 1 N–H and O–H groups in total. The first-order valence-electron chi connectivity index (χ1n) is 13.7. The first-order valence-corrected chi connectivity index (χ1v) is 13.7. The number of benzene rings is 3. The smallest absolute Gasteiger partial charge is 0.341 e. The van der Waals surface area contributed by atoms with Crippen LogP contribution < -0.4 is 19.8 Å². The van der Waals surface area contributed by atoms with Crippen LogP contribution >= 0.6 is 0 Å². The van der Waals surface area contributed by atoms with Crippen LogP contribution in [0.4, 0.5) is 0 Å². The molecule has 0 aliphatic rings. The molecule has 1 aromatic heterocycles. The van der Waals surface area contributed by atoms with Crippen molar-refractivity contribution < 1.29 is 24.1 Å². The lowest BCUT2D eigenvalue weighted by Crippen LogP contribution is -2.21. The van der Waals surface area contributed by atoms with Crippen molar-refractivity contribution in [3.63, 3.8) is 0 Å². The molecule has 0 radical (unpaired) electrons. The zero-order chi connectivity index (χ0) is 30.4. The standard InChI is InChI=1S/C33H35N3O6/c1-7-11-23-15-22(16-29(40-6)31(23)42-19-30(37)38)18-34-36-32(35-27-13-10-9-12-24(27)33(36)39)26-17-25(20(3)4)28(41-8-2)14-21(26)5/h7,9-10,12-18,20H,1,8,11,19H2,2-6H3,(H,37,38). The Morgan fingerprint density at radius 1 is 1.14 bits per heavy atom. The van der Waals surface area contributed by atoms with Crippen LogP contribution in [0.2, 0.25) is 0 Å². The monoisotopic (exact) mass is 569 g/mol. The van der Waals surface area contributed by atoms with Crippen molar-refractivity contribution in [2.24, 2.45) is 5.10 Å². The van der Waals surface area contributed by atoms with E-state index in [1.165, 1.54) is 11.8 Å². The Balaban J connectivity index is 1.92. The van der Waals surface area contributed by atoms with E-state index in [1.807, 2.05) is 38.1 Å². The summed E-state index contributed by atoms with van der Waals surface area (Å²) >= 11 is 0. The number of aromatic nitrogens is 2. The zero-order valence-corrected chi connectivity index (χ0v) is 24.5. The molecule has 0 amide bonds. The molecule has 218 valence electrons. The molecule has 0 saturated heterocycles. The predicted octanol–water partition coefficient (Wildman–Crippen LogP) is 5.98. The van der Waals surface area contributed by atoms with Gasteiger partial charge in [-0.2, -0.15) is 9.78 Å². The summed E-state index contributed by atoms with van der Waals surface area (Å²) in [5, 5.41) is 14.2. The van der Waals surface area contributed by atoms with Crippen molar-refractivity contribution in [2.45, 2.75) is 40.0 Å². The van der Waals surface area contributed by atoms with E-state index >= 15 is 0 Å². The summed E-state index contributed by atoms with van der Waals surface area (Å²) < 4.78 is 18.2. The number of hydrogen-bond donors (Lipinski definition) is 1.